The van der Waals surface area contributed by atoms with E-state index >= 15 is 0 Å². The predicted octanol–water partition coefficient (Wildman–Crippen LogP) is 0.968. The zero-order valence-corrected chi connectivity index (χ0v) is 7.09. The van der Waals surface area contributed by atoms with Gasteiger partial charge in [-0.25, -0.2) is 4.79 Å². The molecule has 1 aliphatic rings. The lowest BCUT2D eigenvalue weighted by Gasteiger charge is -2.19. The first-order valence-corrected chi connectivity index (χ1v) is 3.92. The fraction of sp³-hybridized carbons (Fsp3) is 0.625. The third kappa shape index (κ3) is 2.48. The molecule has 0 aromatic carbocycles. The van der Waals surface area contributed by atoms with Gasteiger partial charge < -0.3 is 5.11 Å². The normalized spacial score (nSPS) is 19.4. The van der Waals surface area contributed by atoms with E-state index in [1.165, 1.54) is 4.90 Å². The lowest BCUT2D eigenvalue weighted by atomic mass is 10.3. The molecule has 0 spiro atoms. The van der Waals surface area contributed by atoms with Gasteiger partial charge in [0.1, 0.15) is 0 Å². The van der Waals surface area contributed by atoms with Crippen molar-refractivity contribution >= 4 is 5.97 Å². The molecular formula is C8H11F2NO2. The molecule has 1 rings (SSSR count). The van der Waals surface area contributed by atoms with Gasteiger partial charge in [0.05, 0.1) is 6.54 Å². The van der Waals surface area contributed by atoms with Crippen LogP contribution in [-0.2, 0) is 4.79 Å². The van der Waals surface area contributed by atoms with Crippen LogP contribution in [0.1, 0.15) is 6.42 Å². The molecule has 0 bridgehead atoms. The Hall–Kier alpha value is -0.970. The van der Waals surface area contributed by atoms with Crippen molar-refractivity contribution in [1.82, 2.24) is 4.90 Å². The van der Waals surface area contributed by atoms with Crippen molar-refractivity contribution in [2.24, 2.45) is 0 Å². The van der Waals surface area contributed by atoms with E-state index in [9.17, 15) is 13.6 Å². The van der Waals surface area contributed by atoms with Gasteiger partial charge in [-0.1, -0.05) is 12.2 Å². The summed E-state index contributed by atoms with van der Waals surface area (Å²) in [6.07, 6.45) is 0.676. The van der Waals surface area contributed by atoms with Gasteiger partial charge in [0, 0.05) is 13.1 Å². The summed E-state index contributed by atoms with van der Waals surface area (Å²) < 4.78 is 25.3. The first kappa shape index (κ1) is 10.1. The number of alkyl halides is 2. The number of hydrogen-bond acceptors (Lipinski definition) is 2. The molecule has 13 heavy (non-hydrogen) atoms. The van der Waals surface area contributed by atoms with E-state index in [2.05, 4.69) is 6.58 Å². The molecule has 0 saturated carbocycles. The number of hydrogen-bond donors (Lipinski definition) is 1. The number of carboxylic acid groups (broad SMARTS) is 1. The molecule has 0 radical (unpaired) electrons. The molecule has 3 nitrogen and oxygen atoms in total. The first-order chi connectivity index (χ1) is 5.92. The largest absolute Gasteiger partial charge is 0.477 e. The number of halogens is 2. The van der Waals surface area contributed by atoms with Gasteiger partial charge in [0.25, 0.3) is 0 Å². The van der Waals surface area contributed by atoms with E-state index in [-0.39, 0.29) is 0 Å². The van der Waals surface area contributed by atoms with Crippen molar-refractivity contribution in [2.45, 2.75) is 12.3 Å². The number of carbonyl (C=O) groups is 1. The van der Waals surface area contributed by atoms with Gasteiger partial charge >= 0.3 is 11.9 Å². The highest BCUT2D eigenvalue weighted by atomic mass is 19.3. The van der Waals surface area contributed by atoms with Crippen molar-refractivity contribution in [1.29, 1.82) is 0 Å². The van der Waals surface area contributed by atoms with Gasteiger partial charge in [-0.15, -0.1) is 0 Å². The van der Waals surface area contributed by atoms with Gasteiger partial charge in [-0.3, -0.25) is 4.90 Å². The smallest absolute Gasteiger partial charge is 0.375 e. The van der Waals surface area contributed by atoms with Crippen LogP contribution >= 0.6 is 0 Å². The van der Waals surface area contributed by atoms with E-state index in [0.29, 0.717) is 19.5 Å². The van der Waals surface area contributed by atoms with Crippen molar-refractivity contribution in [3.63, 3.8) is 0 Å². The minimum Gasteiger partial charge on any atom is -0.477 e. The summed E-state index contributed by atoms with van der Waals surface area (Å²) >= 11 is 0. The number of rotatable bonds is 3. The third-order valence-electron chi connectivity index (χ3n) is 1.96. The molecule has 0 atom stereocenters. The third-order valence-corrected chi connectivity index (χ3v) is 1.96. The molecule has 0 aromatic heterocycles. The van der Waals surface area contributed by atoms with Gasteiger partial charge in [0.15, 0.2) is 0 Å². The molecule has 1 N–H and O–H groups in total. The van der Waals surface area contributed by atoms with Crippen LogP contribution in [0.4, 0.5) is 8.78 Å². The predicted molar refractivity (Wildman–Crippen MR) is 42.8 cm³/mol. The zero-order valence-electron chi connectivity index (χ0n) is 7.09. The molecular weight excluding hydrogens is 180 g/mol. The second-order valence-electron chi connectivity index (χ2n) is 3.22. The molecule has 0 unspecified atom stereocenters. The highest BCUT2D eigenvalue weighted by Crippen LogP contribution is 2.20. The lowest BCUT2D eigenvalue weighted by Crippen LogP contribution is -2.41. The average molecular weight is 191 g/mol. The van der Waals surface area contributed by atoms with Crippen LogP contribution in [0.3, 0.4) is 0 Å². The molecule has 5 heteroatoms. The van der Waals surface area contributed by atoms with Crippen molar-refractivity contribution < 1.29 is 18.7 Å². The topological polar surface area (TPSA) is 40.5 Å². The lowest BCUT2D eigenvalue weighted by molar-refractivity contribution is -0.166. The molecule has 0 aliphatic carbocycles. The summed E-state index contributed by atoms with van der Waals surface area (Å²) in [6.45, 7) is 3.78. The van der Waals surface area contributed by atoms with E-state index in [4.69, 9.17) is 5.11 Å². The van der Waals surface area contributed by atoms with Crippen LogP contribution in [0.15, 0.2) is 12.2 Å². The second-order valence-corrected chi connectivity index (χ2v) is 3.22. The highest BCUT2D eigenvalue weighted by molar-refractivity contribution is 5.75. The van der Waals surface area contributed by atoms with Crippen molar-refractivity contribution in [3.05, 3.63) is 12.2 Å². The van der Waals surface area contributed by atoms with Crippen LogP contribution in [-0.4, -0.2) is 41.5 Å². The Morgan fingerprint density at radius 3 is 2.69 bits per heavy atom. The molecule has 1 saturated heterocycles. The summed E-state index contributed by atoms with van der Waals surface area (Å²) in [7, 11) is 0. The van der Waals surface area contributed by atoms with Gasteiger partial charge in [-0.2, -0.15) is 8.78 Å². The Balaban J connectivity index is 2.49. The zero-order chi connectivity index (χ0) is 10.1. The minimum atomic E-state index is -3.65. The maximum absolute atomic E-state index is 12.7. The molecule has 0 amide bonds. The molecule has 74 valence electrons. The van der Waals surface area contributed by atoms with Crippen molar-refractivity contribution in [2.75, 3.05) is 19.6 Å². The fourth-order valence-electron chi connectivity index (χ4n) is 1.27. The van der Waals surface area contributed by atoms with Crippen LogP contribution in [0.5, 0.6) is 0 Å². The SMILES string of the molecule is C=C1CCN(CC(F)(F)C(=O)O)C1. The van der Waals surface area contributed by atoms with Crippen molar-refractivity contribution in [3.8, 4) is 0 Å². The van der Waals surface area contributed by atoms with E-state index < -0.39 is 18.4 Å². The van der Waals surface area contributed by atoms with Crippen LogP contribution < -0.4 is 0 Å². The summed E-state index contributed by atoms with van der Waals surface area (Å²) in [6, 6.07) is 0. The monoisotopic (exact) mass is 191 g/mol. The van der Waals surface area contributed by atoms with Gasteiger partial charge in [0.2, 0.25) is 0 Å². The molecule has 1 aliphatic heterocycles. The van der Waals surface area contributed by atoms with Crippen LogP contribution in [0.2, 0.25) is 0 Å². The fourth-order valence-corrected chi connectivity index (χ4v) is 1.27. The number of carboxylic acids is 1. The second kappa shape index (κ2) is 3.41. The quantitative estimate of drug-likeness (QED) is 0.676. The van der Waals surface area contributed by atoms with E-state index in [0.717, 1.165) is 5.57 Å². The number of aliphatic carboxylic acids is 1. The maximum Gasteiger partial charge on any atom is 0.375 e. The minimum absolute atomic E-state index is 0.378. The van der Waals surface area contributed by atoms with Crippen LogP contribution in [0, 0.1) is 0 Å². The van der Waals surface area contributed by atoms with Gasteiger partial charge in [-0.05, 0) is 6.42 Å². The average Bonchev–Trinajstić information content (AvgIpc) is 2.34. The summed E-state index contributed by atoms with van der Waals surface area (Å²) in [5.41, 5.74) is 0.876. The highest BCUT2D eigenvalue weighted by Gasteiger charge is 2.41. The number of likely N-dealkylation sites (tertiary alicyclic amines) is 1. The standard InChI is InChI=1S/C8H11F2NO2/c1-6-2-3-11(4-6)5-8(9,10)7(12)13/h1-5H2,(H,12,13). The summed E-state index contributed by atoms with van der Waals surface area (Å²) in [4.78, 5) is 11.5. The van der Waals surface area contributed by atoms with E-state index in [1.54, 1.807) is 0 Å². The Labute approximate surface area is 74.6 Å². The Bertz CT molecular complexity index is 240. The number of nitrogens with zero attached hydrogens (tertiary/aromatic N) is 1. The summed E-state index contributed by atoms with van der Waals surface area (Å²) in [5, 5.41) is 8.17. The molecule has 1 heterocycles. The maximum atomic E-state index is 12.7. The molecule has 1 fully saturated rings. The Morgan fingerprint density at radius 1 is 1.69 bits per heavy atom. The Morgan fingerprint density at radius 2 is 2.31 bits per heavy atom. The Kier molecular flexibility index (Phi) is 2.66. The van der Waals surface area contributed by atoms with Crippen LogP contribution in [0.25, 0.3) is 0 Å². The molecule has 0 aromatic rings. The summed E-state index contributed by atoms with van der Waals surface area (Å²) in [5.74, 6) is -5.71. The first-order valence-electron chi connectivity index (χ1n) is 3.92. The van der Waals surface area contributed by atoms with E-state index in [1.807, 2.05) is 0 Å².